The number of rotatable bonds is 6. The summed E-state index contributed by atoms with van der Waals surface area (Å²) in [5, 5.41) is 14.7. The van der Waals surface area contributed by atoms with Crippen LogP contribution in [0.15, 0.2) is 29.2 Å². The maximum atomic E-state index is 13.5. The van der Waals surface area contributed by atoms with Crippen molar-refractivity contribution in [2.75, 3.05) is 31.5 Å². The molecule has 1 N–H and O–H groups in total. The zero-order valence-electron chi connectivity index (χ0n) is 19.9. The van der Waals surface area contributed by atoms with E-state index in [2.05, 4.69) is 5.32 Å². The van der Waals surface area contributed by atoms with Gasteiger partial charge in [-0.15, -0.1) is 0 Å². The van der Waals surface area contributed by atoms with Gasteiger partial charge in [-0.2, -0.15) is 4.31 Å². The largest absolute Gasteiger partial charge is 0.377 e. The Morgan fingerprint density at radius 2 is 1.59 bits per heavy atom. The van der Waals surface area contributed by atoms with Crippen LogP contribution in [0.1, 0.15) is 45.5 Å². The van der Waals surface area contributed by atoms with Crippen LogP contribution in [-0.2, 0) is 10.0 Å². The van der Waals surface area contributed by atoms with Crippen molar-refractivity contribution in [3.8, 4) is 0 Å². The minimum atomic E-state index is -3.71. The van der Waals surface area contributed by atoms with Crippen LogP contribution in [0, 0.1) is 37.8 Å². The monoisotopic (exact) mass is 486 g/mol. The smallest absolute Gasteiger partial charge is 0.293 e. The molecule has 1 heterocycles. The second-order valence-electron chi connectivity index (χ2n) is 9.19. The summed E-state index contributed by atoms with van der Waals surface area (Å²) in [5.74, 6) is -0.336. The Morgan fingerprint density at radius 1 is 1.00 bits per heavy atom. The quantitative estimate of drug-likeness (QED) is 0.494. The van der Waals surface area contributed by atoms with Crippen LogP contribution in [0.3, 0.4) is 0 Å². The number of nitro groups is 1. The van der Waals surface area contributed by atoms with Crippen molar-refractivity contribution in [2.45, 2.75) is 51.5 Å². The summed E-state index contributed by atoms with van der Waals surface area (Å²) >= 11 is 0. The highest BCUT2D eigenvalue weighted by Gasteiger charge is 2.34. The molecule has 2 aliphatic rings. The van der Waals surface area contributed by atoms with E-state index in [9.17, 15) is 23.3 Å². The summed E-state index contributed by atoms with van der Waals surface area (Å²) in [7, 11) is -3.71. The van der Waals surface area contributed by atoms with E-state index >= 15 is 0 Å². The number of anilines is 1. The van der Waals surface area contributed by atoms with E-state index in [1.54, 1.807) is 17.0 Å². The standard InChI is InChI=1S/C24H30N4O5S/c1-15-13-16(2)18(4)23(17(15)3)34(32,33)27-11-9-26(10-12-27)24(29)19-5-8-21(25-20-6-7-20)22(14-19)28(30)31/h5,8,13-14,20,25H,6-7,9-12H2,1-4H3. The van der Waals surface area contributed by atoms with Crippen molar-refractivity contribution in [3.63, 3.8) is 0 Å². The highest BCUT2D eigenvalue weighted by atomic mass is 32.2. The Balaban J connectivity index is 1.50. The molecular weight excluding hydrogens is 456 g/mol. The van der Waals surface area contributed by atoms with Gasteiger partial charge in [-0.25, -0.2) is 8.42 Å². The molecule has 182 valence electrons. The molecule has 1 saturated heterocycles. The number of nitrogens with one attached hydrogen (secondary N) is 1. The van der Waals surface area contributed by atoms with Gasteiger partial charge in [-0.3, -0.25) is 14.9 Å². The van der Waals surface area contributed by atoms with Crippen LogP contribution in [0.5, 0.6) is 0 Å². The van der Waals surface area contributed by atoms with Crippen molar-refractivity contribution >= 4 is 27.3 Å². The highest BCUT2D eigenvalue weighted by Crippen LogP contribution is 2.32. The fourth-order valence-corrected chi connectivity index (χ4v) is 6.39. The fourth-order valence-electron chi connectivity index (χ4n) is 4.40. The predicted molar refractivity (Wildman–Crippen MR) is 130 cm³/mol. The number of nitrogens with zero attached hydrogens (tertiary/aromatic N) is 3. The first kappa shape index (κ1) is 24.2. The lowest BCUT2D eigenvalue weighted by molar-refractivity contribution is -0.384. The summed E-state index contributed by atoms with van der Waals surface area (Å²) < 4.78 is 28.4. The average Bonchev–Trinajstić information content (AvgIpc) is 3.61. The molecule has 2 aromatic rings. The van der Waals surface area contributed by atoms with Gasteiger partial charge in [0, 0.05) is 43.9 Å². The van der Waals surface area contributed by atoms with Gasteiger partial charge >= 0.3 is 0 Å². The van der Waals surface area contributed by atoms with E-state index in [-0.39, 0.29) is 49.4 Å². The molecule has 10 heteroatoms. The van der Waals surface area contributed by atoms with Crippen molar-refractivity contribution in [1.82, 2.24) is 9.21 Å². The van der Waals surface area contributed by atoms with E-state index in [1.165, 1.54) is 10.4 Å². The van der Waals surface area contributed by atoms with Gasteiger partial charge in [0.1, 0.15) is 5.69 Å². The second-order valence-corrected chi connectivity index (χ2v) is 11.1. The number of hydrogen-bond acceptors (Lipinski definition) is 6. The second kappa shape index (κ2) is 8.99. The van der Waals surface area contributed by atoms with Gasteiger partial charge in [0.15, 0.2) is 0 Å². The number of carbonyl (C=O) groups excluding carboxylic acids is 1. The first-order chi connectivity index (χ1) is 16.0. The Labute approximate surface area is 200 Å². The number of sulfonamides is 1. The molecule has 0 atom stereocenters. The number of carbonyl (C=O) groups is 1. The zero-order valence-corrected chi connectivity index (χ0v) is 20.7. The van der Waals surface area contributed by atoms with Crippen LogP contribution in [0.4, 0.5) is 11.4 Å². The number of nitro benzene ring substituents is 1. The Kier molecular flexibility index (Phi) is 6.39. The maximum absolute atomic E-state index is 13.5. The molecule has 34 heavy (non-hydrogen) atoms. The summed E-state index contributed by atoms with van der Waals surface area (Å²) in [4.78, 5) is 26.0. The van der Waals surface area contributed by atoms with Gasteiger partial charge in [0.25, 0.3) is 11.6 Å². The van der Waals surface area contributed by atoms with Gasteiger partial charge in [-0.05, 0) is 74.9 Å². The first-order valence-corrected chi connectivity index (χ1v) is 12.9. The van der Waals surface area contributed by atoms with Crippen molar-refractivity contribution in [3.05, 3.63) is 62.2 Å². The lowest BCUT2D eigenvalue weighted by atomic mass is 10.0. The molecular formula is C24H30N4O5S. The normalized spacial score (nSPS) is 17.0. The molecule has 1 amide bonds. The van der Waals surface area contributed by atoms with Crippen LogP contribution in [0.2, 0.25) is 0 Å². The molecule has 4 rings (SSSR count). The molecule has 0 unspecified atom stereocenters. The van der Waals surface area contributed by atoms with Crippen LogP contribution < -0.4 is 5.32 Å². The number of benzene rings is 2. The molecule has 2 aromatic carbocycles. The van der Waals surface area contributed by atoms with Crippen LogP contribution >= 0.6 is 0 Å². The Morgan fingerprint density at radius 3 is 2.12 bits per heavy atom. The van der Waals surface area contributed by atoms with Gasteiger partial charge in [0.2, 0.25) is 10.0 Å². The van der Waals surface area contributed by atoms with Crippen molar-refractivity contribution in [1.29, 1.82) is 0 Å². The van der Waals surface area contributed by atoms with E-state index in [0.29, 0.717) is 10.6 Å². The number of amides is 1. The minimum absolute atomic E-state index is 0.125. The molecule has 1 aliphatic carbocycles. The van der Waals surface area contributed by atoms with Gasteiger partial charge in [0.05, 0.1) is 9.82 Å². The van der Waals surface area contributed by atoms with E-state index in [1.807, 2.05) is 33.8 Å². The third-order valence-electron chi connectivity index (χ3n) is 6.80. The maximum Gasteiger partial charge on any atom is 0.293 e. The molecule has 0 aromatic heterocycles. The van der Waals surface area contributed by atoms with E-state index < -0.39 is 14.9 Å². The van der Waals surface area contributed by atoms with Crippen molar-refractivity contribution < 1.29 is 18.1 Å². The lowest BCUT2D eigenvalue weighted by Crippen LogP contribution is -2.50. The molecule has 1 aliphatic heterocycles. The number of aryl methyl sites for hydroxylation is 2. The van der Waals surface area contributed by atoms with Gasteiger partial charge < -0.3 is 10.2 Å². The average molecular weight is 487 g/mol. The molecule has 1 saturated carbocycles. The lowest BCUT2D eigenvalue weighted by Gasteiger charge is -2.35. The summed E-state index contributed by atoms with van der Waals surface area (Å²) in [6.45, 7) is 8.23. The summed E-state index contributed by atoms with van der Waals surface area (Å²) in [5.41, 5.74) is 3.86. The molecule has 9 nitrogen and oxygen atoms in total. The fraction of sp³-hybridized carbons (Fsp3) is 0.458. The molecule has 0 radical (unpaired) electrons. The molecule has 0 bridgehead atoms. The van der Waals surface area contributed by atoms with Gasteiger partial charge in [-0.1, -0.05) is 6.07 Å². The van der Waals surface area contributed by atoms with Crippen LogP contribution in [-0.4, -0.2) is 60.7 Å². The van der Waals surface area contributed by atoms with Crippen LogP contribution in [0.25, 0.3) is 0 Å². The summed E-state index contributed by atoms with van der Waals surface area (Å²) in [6, 6.07) is 6.71. The minimum Gasteiger partial charge on any atom is -0.377 e. The SMILES string of the molecule is Cc1cc(C)c(C)c(S(=O)(=O)N2CCN(C(=O)c3ccc(NC4CC4)c([N+](=O)[O-])c3)CC2)c1C. The highest BCUT2D eigenvalue weighted by molar-refractivity contribution is 7.89. The topological polar surface area (TPSA) is 113 Å². The molecule has 0 spiro atoms. The van der Waals surface area contributed by atoms with Crippen molar-refractivity contribution in [2.24, 2.45) is 0 Å². The number of hydrogen-bond donors (Lipinski definition) is 1. The Hall–Kier alpha value is -2.98. The Bertz CT molecular complexity index is 1240. The third-order valence-corrected chi connectivity index (χ3v) is 8.97. The summed E-state index contributed by atoms with van der Waals surface area (Å²) in [6.07, 6.45) is 1.96. The predicted octanol–water partition coefficient (Wildman–Crippen LogP) is 3.55. The van der Waals surface area contributed by atoms with E-state index in [0.717, 1.165) is 35.1 Å². The van der Waals surface area contributed by atoms with E-state index in [4.69, 9.17) is 0 Å². The third kappa shape index (κ3) is 4.52. The molecule has 2 fully saturated rings. The number of piperazine rings is 1. The zero-order chi connectivity index (χ0) is 24.8. The first-order valence-electron chi connectivity index (χ1n) is 11.4.